The van der Waals surface area contributed by atoms with E-state index in [0.717, 1.165) is 5.56 Å². The Kier molecular flexibility index (Phi) is 2.97. The summed E-state index contributed by atoms with van der Waals surface area (Å²) in [5, 5.41) is 9.94. The quantitative estimate of drug-likeness (QED) is 0.861. The van der Waals surface area contributed by atoms with Gasteiger partial charge in [-0.05, 0) is 26.3 Å². The van der Waals surface area contributed by atoms with E-state index in [9.17, 15) is 9.50 Å². The largest absolute Gasteiger partial charge is 0.493 e. The van der Waals surface area contributed by atoms with Gasteiger partial charge in [-0.15, -0.1) is 0 Å². The van der Waals surface area contributed by atoms with E-state index in [-0.39, 0.29) is 11.7 Å². The van der Waals surface area contributed by atoms with Crippen LogP contribution in [-0.2, 0) is 6.42 Å². The summed E-state index contributed by atoms with van der Waals surface area (Å²) in [6.07, 6.45) is 0.694. The molecule has 1 atom stereocenters. The maximum absolute atomic E-state index is 13.1. The van der Waals surface area contributed by atoms with Crippen molar-refractivity contribution >= 4 is 15.9 Å². The summed E-state index contributed by atoms with van der Waals surface area (Å²) >= 11 is 3.33. The SMILES string of the molecule is CC(C)(O)C1COc2cc(F)cc(Br)c2C1. The van der Waals surface area contributed by atoms with Crippen molar-refractivity contribution in [1.82, 2.24) is 0 Å². The van der Waals surface area contributed by atoms with Crippen molar-refractivity contribution in [3.05, 3.63) is 28.0 Å². The van der Waals surface area contributed by atoms with Crippen LogP contribution in [0.4, 0.5) is 4.39 Å². The molecule has 2 rings (SSSR count). The fourth-order valence-electron chi connectivity index (χ4n) is 1.86. The number of rotatable bonds is 1. The summed E-state index contributed by atoms with van der Waals surface area (Å²) in [6, 6.07) is 2.82. The Bertz CT molecular complexity index is 412. The van der Waals surface area contributed by atoms with Gasteiger partial charge in [0.15, 0.2) is 0 Å². The van der Waals surface area contributed by atoms with Gasteiger partial charge in [-0.2, -0.15) is 0 Å². The molecule has 0 saturated heterocycles. The molecule has 2 nitrogen and oxygen atoms in total. The second-order valence-corrected chi connectivity index (χ2v) is 5.58. The second kappa shape index (κ2) is 4.00. The molecule has 88 valence electrons. The Morgan fingerprint density at radius 2 is 2.19 bits per heavy atom. The molecule has 0 aromatic heterocycles. The molecule has 0 spiro atoms. The average molecular weight is 289 g/mol. The molecule has 1 aliphatic heterocycles. The first kappa shape index (κ1) is 11.9. The van der Waals surface area contributed by atoms with Crippen molar-refractivity contribution in [2.75, 3.05) is 6.61 Å². The van der Waals surface area contributed by atoms with E-state index in [4.69, 9.17) is 4.74 Å². The van der Waals surface area contributed by atoms with Gasteiger partial charge in [-0.1, -0.05) is 15.9 Å². The lowest BCUT2D eigenvalue weighted by Crippen LogP contribution is -2.39. The first-order chi connectivity index (χ1) is 7.38. The van der Waals surface area contributed by atoms with Crippen LogP contribution >= 0.6 is 15.9 Å². The summed E-state index contributed by atoms with van der Waals surface area (Å²) in [5.41, 5.74) is 0.144. The van der Waals surface area contributed by atoms with Crippen LogP contribution in [0.3, 0.4) is 0 Å². The molecule has 16 heavy (non-hydrogen) atoms. The van der Waals surface area contributed by atoms with E-state index in [2.05, 4.69) is 15.9 Å². The van der Waals surface area contributed by atoms with E-state index in [1.807, 2.05) is 0 Å². The molecular formula is C12H14BrFO2. The molecule has 0 amide bonds. The van der Waals surface area contributed by atoms with E-state index < -0.39 is 5.60 Å². The Morgan fingerprint density at radius 1 is 1.50 bits per heavy atom. The van der Waals surface area contributed by atoms with Crippen LogP contribution in [-0.4, -0.2) is 17.3 Å². The van der Waals surface area contributed by atoms with E-state index in [1.165, 1.54) is 12.1 Å². The highest BCUT2D eigenvalue weighted by molar-refractivity contribution is 9.10. The van der Waals surface area contributed by atoms with Crippen LogP contribution in [0.1, 0.15) is 19.4 Å². The lowest BCUT2D eigenvalue weighted by atomic mass is 9.84. The van der Waals surface area contributed by atoms with Gasteiger partial charge in [-0.25, -0.2) is 4.39 Å². The molecule has 1 N–H and O–H groups in total. The van der Waals surface area contributed by atoms with Crippen molar-refractivity contribution in [1.29, 1.82) is 0 Å². The standard InChI is InChI=1S/C12H14BrFO2/c1-12(2,15)7-3-9-10(13)4-8(14)5-11(9)16-6-7/h4-5,7,15H,3,6H2,1-2H3. The Labute approximate surface area is 103 Å². The van der Waals surface area contributed by atoms with Gasteiger partial charge >= 0.3 is 0 Å². The number of hydrogen-bond acceptors (Lipinski definition) is 2. The summed E-state index contributed by atoms with van der Waals surface area (Å²) in [6.45, 7) is 3.96. The molecule has 0 aliphatic carbocycles. The van der Waals surface area contributed by atoms with Crippen molar-refractivity contribution < 1.29 is 14.2 Å². The summed E-state index contributed by atoms with van der Waals surface area (Å²) in [5.74, 6) is 0.293. The molecule has 1 aromatic rings. The normalized spacial score (nSPS) is 20.2. The number of fused-ring (bicyclic) bond motifs is 1. The minimum absolute atomic E-state index is 0.0294. The van der Waals surface area contributed by atoms with E-state index >= 15 is 0 Å². The van der Waals surface area contributed by atoms with E-state index in [1.54, 1.807) is 13.8 Å². The Hall–Kier alpha value is -0.610. The van der Waals surface area contributed by atoms with Crippen molar-refractivity contribution in [2.24, 2.45) is 5.92 Å². The molecule has 0 radical (unpaired) electrons. The zero-order chi connectivity index (χ0) is 11.9. The molecule has 1 unspecified atom stereocenters. The highest BCUT2D eigenvalue weighted by Crippen LogP contribution is 2.37. The third-order valence-corrected chi connectivity index (χ3v) is 3.72. The fraction of sp³-hybridized carbons (Fsp3) is 0.500. The third-order valence-electron chi connectivity index (χ3n) is 3.01. The van der Waals surface area contributed by atoms with Crippen LogP contribution < -0.4 is 4.74 Å². The first-order valence-electron chi connectivity index (χ1n) is 5.21. The summed E-state index contributed by atoms with van der Waals surface area (Å²) in [4.78, 5) is 0. The lowest BCUT2D eigenvalue weighted by Gasteiger charge is -2.34. The molecular weight excluding hydrogens is 275 g/mol. The van der Waals surface area contributed by atoms with Gasteiger partial charge in [0.25, 0.3) is 0 Å². The van der Waals surface area contributed by atoms with Gasteiger partial charge in [0.05, 0.1) is 12.2 Å². The molecule has 0 saturated carbocycles. The topological polar surface area (TPSA) is 29.5 Å². The maximum Gasteiger partial charge on any atom is 0.128 e. The third kappa shape index (κ3) is 2.23. The number of ether oxygens (including phenoxy) is 1. The van der Waals surface area contributed by atoms with Crippen LogP contribution in [0, 0.1) is 11.7 Å². The first-order valence-corrected chi connectivity index (χ1v) is 6.00. The highest BCUT2D eigenvalue weighted by atomic mass is 79.9. The minimum atomic E-state index is -0.786. The zero-order valence-corrected chi connectivity index (χ0v) is 10.8. The molecule has 4 heteroatoms. The summed E-state index contributed by atoms with van der Waals surface area (Å²) in [7, 11) is 0. The fourth-order valence-corrected chi connectivity index (χ4v) is 2.43. The van der Waals surface area contributed by atoms with Crippen LogP contribution in [0.5, 0.6) is 5.75 Å². The molecule has 0 bridgehead atoms. The van der Waals surface area contributed by atoms with Gasteiger partial charge < -0.3 is 9.84 Å². The minimum Gasteiger partial charge on any atom is -0.493 e. The van der Waals surface area contributed by atoms with Gasteiger partial charge in [-0.3, -0.25) is 0 Å². The van der Waals surface area contributed by atoms with Crippen molar-refractivity contribution in [3.8, 4) is 5.75 Å². The van der Waals surface area contributed by atoms with Gasteiger partial charge in [0.1, 0.15) is 11.6 Å². The predicted octanol–water partition coefficient (Wildman–Crippen LogP) is 2.91. The van der Waals surface area contributed by atoms with Gasteiger partial charge in [0.2, 0.25) is 0 Å². The smallest absolute Gasteiger partial charge is 0.128 e. The number of hydrogen-bond donors (Lipinski definition) is 1. The number of halogens is 2. The highest BCUT2D eigenvalue weighted by Gasteiger charge is 2.32. The predicted molar refractivity (Wildman–Crippen MR) is 63.1 cm³/mol. The molecule has 0 fully saturated rings. The Morgan fingerprint density at radius 3 is 2.81 bits per heavy atom. The maximum atomic E-state index is 13.1. The van der Waals surface area contributed by atoms with Crippen molar-refractivity contribution in [3.63, 3.8) is 0 Å². The average Bonchev–Trinajstić information content (AvgIpc) is 2.15. The second-order valence-electron chi connectivity index (χ2n) is 4.73. The van der Waals surface area contributed by atoms with Crippen LogP contribution in [0.25, 0.3) is 0 Å². The number of aliphatic hydroxyl groups is 1. The van der Waals surface area contributed by atoms with Crippen molar-refractivity contribution in [2.45, 2.75) is 25.9 Å². The number of benzene rings is 1. The molecule has 1 aromatic carbocycles. The van der Waals surface area contributed by atoms with Gasteiger partial charge in [0, 0.05) is 22.0 Å². The van der Waals surface area contributed by atoms with Crippen LogP contribution in [0.2, 0.25) is 0 Å². The zero-order valence-electron chi connectivity index (χ0n) is 9.26. The summed E-state index contributed by atoms with van der Waals surface area (Å²) < 4.78 is 19.3. The molecule has 1 heterocycles. The molecule has 1 aliphatic rings. The van der Waals surface area contributed by atoms with E-state index in [0.29, 0.717) is 23.2 Å². The van der Waals surface area contributed by atoms with Crippen LogP contribution in [0.15, 0.2) is 16.6 Å². The Balaban J connectivity index is 2.34. The lowest BCUT2D eigenvalue weighted by molar-refractivity contribution is -0.0100. The monoisotopic (exact) mass is 288 g/mol.